The number of phenolic OH excluding ortho intramolecular Hbond substituents is 1. The minimum Gasteiger partial charge on any atom is -0.508 e. The van der Waals surface area contributed by atoms with Crippen LogP contribution >= 0.6 is 0 Å². The van der Waals surface area contributed by atoms with Crippen molar-refractivity contribution in [3.05, 3.63) is 23.8 Å². The molecule has 2 heterocycles. The number of phenols is 1. The van der Waals surface area contributed by atoms with Gasteiger partial charge in [0.2, 0.25) is 0 Å². The Morgan fingerprint density at radius 3 is 3.05 bits per heavy atom. The fourth-order valence-electron chi connectivity index (χ4n) is 2.87. The topological polar surface area (TPSA) is 74.3 Å². The molecule has 3 rings (SSSR count). The summed E-state index contributed by atoms with van der Waals surface area (Å²) in [6.07, 6.45) is 0. The summed E-state index contributed by atoms with van der Waals surface area (Å²) in [5, 5.41) is 9.57. The molecule has 6 heteroatoms. The van der Waals surface area contributed by atoms with Crippen molar-refractivity contribution in [2.45, 2.75) is 5.54 Å². The Morgan fingerprint density at radius 2 is 2.30 bits per heavy atom. The summed E-state index contributed by atoms with van der Waals surface area (Å²) in [6.45, 7) is 2.81. The minimum atomic E-state index is -0.316. The van der Waals surface area contributed by atoms with Crippen LogP contribution < -0.4 is 10.5 Å². The standard InChI is InChI=1S/C14H20N4O2/c1-17(2)5-6-18-13(15)16-8-14(18)9-20-12-7-10(19)3-4-11(12)14/h3-4,7,19H,5-6,8-9H2,1-2H3,(H2,15,16). The molecule has 0 aliphatic carbocycles. The number of aliphatic imine (C=N–C) groups is 1. The maximum absolute atomic E-state index is 9.57. The molecule has 3 N–H and O–H groups in total. The third-order valence-electron chi connectivity index (χ3n) is 4.00. The lowest BCUT2D eigenvalue weighted by Gasteiger charge is -2.35. The average molecular weight is 276 g/mol. The predicted octanol–water partition coefficient (Wildman–Crippen LogP) is 0.172. The van der Waals surface area contributed by atoms with Gasteiger partial charge >= 0.3 is 0 Å². The number of nitrogens with two attached hydrogens (primary N) is 1. The van der Waals surface area contributed by atoms with Crippen LogP contribution in [0.1, 0.15) is 5.56 Å². The normalized spacial score (nSPS) is 24.1. The molecule has 20 heavy (non-hydrogen) atoms. The molecule has 6 nitrogen and oxygen atoms in total. The first-order chi connectivity index (χ1) is 9.53. The molecule has 108 valence electrons. The lowest BCUT2D eigenvalue weighted by Crippen LogP contribution is -2.52. The van der Waals surface area contributed by atoms with E-state index in [1.54, 1.807) is 12.1 Å². The molecule has 1 aromatic rings. The summed E-state index contributed by atoms with van der Waals surface area (Å²) < 4.78 is 5.76. The molecule has 0 bridgehead atoms. The largest absolute Gasteiger partial charge is 0.508 e. The molecule has 0 amide bonds. The van der Waals surface area contributed by atoms with Crippen molar-refractivity contribution in [3.63, 3.8) is 0 Å². The van der Waals surface area contributed by atoms with E-state index < -0.39 is 0 Å². The van der Waals surface area contributed by atoms with Gasteiger partial charge in [-0.15, -0.1) is 0 Å². The van der Waals surface area contributed by atoms with Crippen LogP contribution in [-0.4, -0.2) is 61.2 Å². The second kappa shape index (κ2) is 4.56. The number of aromatic hydroxyl groups is 1. The zero-order chi connectivity index (χ0) is 14.3. The van der Waals surface area contributed by atoms with Gasteiger partial charge in [-0.2, -0.15) is 0 Å². The van der Waals surface area contributed by atoms with Gasteiger partial charge in [-0.1, -0.05) is 0 Å². The lowest BCUT2D eigenvalue weighted by molar-refractivity contribution is 0.143. The van der Waals surface area contributed by atoms with Crippen LogP contribution in [0.2, 0.25) is 0 Å². The number of hydrogen-bond donors (Lipinski definition) is 2. The monoisotopic (exact) mass is 276 g/mol. The Kier molecular flexibility index (Phi) is 2.97. The number of fused-ring (bicyclic) bond motifs is 2. The van der Waals surface area contributed by atoms with Crippen LogP contribution in [0.5, 0.6) is 11.5 Å². The van der Waals surface area contributed by atoms with E-state index >= 15 is 0 Å². The number of nitrogens with zero attached hydrogens (tertiary/aromatic N) is 3. The Labute approximate surface area is 118 Å². The van der Waals surface area contributed by atoms with Crippen molar-refractivity contribution in [3.8, 4) is 11.5 Å². The van der Waals surface area contributed by atoms with E-state index in [-0.39, 0.29) is 11.3 Å². The number of benzene rings is 1. The molecule has 2 aliphatic heterocycles. The first-order valence-electron chi connectivity index (χ1n) is 6.71. The van der Waals surface area contributed by atoms with Gasteiger partial charge in [0.25, 0.3) is 0 Å². The number of guanidine groups is 1. The second-order valence-electron chi connectivity index (χ2n) is 5.63. The van der Waals surface area contributed by atoms with Gasteiger partial charge in [0.15, 0.2) is 5.96 Å². The fraction of sp³-hybridized carbons (Fsp3) is 0.500. The van der Waals surface area contributed by atoms with Gasteiger partial charge in [0.05, 0.1) is 6.54 Å². The Bertz CT molecular complexity index is 558. The number of rotatable bonds is 3. The highest BCUT2D eigenvalue weighted by atomic mass is 16.5. The van der Waals surface area contributed by atoms with Crippen LogP contribution in [0, 0.1) is 0 Å². The first-order valence-corrected chi connectivity index (χ1v) is 6.71. The van der Waals surface area contributed by atoms with Crippen molar-refractivity contribution in [1.82, 2.24) is 9.80 Å². The van der Waals surface area contributed by atoms with Crippen molar-refractivity contribution in [2.75, 3.05) is 40.3 Å². The predicted molar refractivity (Wildman–Crippen MR) is 77.0 cm³/mol. The average Bonchev–Trinajstić information content (AvgIpc) is 2.90. The molecular formula is C14H20N4O2. The molecule has 1 atom stereocenters. The van der Waals surface area contributed by atoms with Gasteiger partial charge in [-0.25, -0.2) is 0 Å². The highest BCUT2D eigenvalue weighted by Gasteiger charge is 2.49. The smallest absolute Gasteiger partial charge is 0.192 e. The number of hydrogen-bond acceptors (Lipinski definition) is 6. The molecule has 1 unspecified atom stereocenters. The number of likely N-dealkylation sites (N-methyl/N-ethyl adjacent to an activating group) is 1. The summed E-state index contributed by atoms with van der Waals surface area (Å²) >= 11 is 0. The molecule has 0 aromatic heterocycles. The minimum absolute atomic E-state index is 0.215. The molecule has 1 aromatic carbocycles. The summed E-state index contributed by atoms with van der Waals surface area (Å²) in [5.41, 5.74) is 6.80. The van der Waals surface area contributed by atoms with Gasteiger partial charge in [-0.3, -0.25) is 4.99 Å². The van der Waals surface area contributed by atoms with Crippen molar-refractivity contribution in [1.29, 1.82) is 0 Å². The highest BCUT2D eigenvalue weighted by molar-refractivity contribution is 5.82. The van der Waals surface area contributed by atoms with Crippen LogP contribution in [0.4, 0.5) is 0 Å². The van der Waals surface area contributed by atoms with Gasteiger partial charge < -0.3 is 25.4 Å². The lowest BCUT2D eigenvalue weighted by atomic mass is 9.91. The fourth-order valence-corrected chi connectivity index (χ4v) is 2.87. The summed E-state index contributed by atoms with van der Waals surface area (Å²) in [6, 6.07) is 5.26. The third-order valence-corrected chi connectivity index (χ3v) is 4.00. The molecule has 0 fully saturated rings. The molecule has 2 aliphatic rings. The maximum atomic E-state index is 9.57. The zero-order valence-electron chi connectivity index (χ0n) is 11.8. The SMILES string of the molecule is CN(C)CCN1C(N)=NCC12COc1cc(O)ccc12. The highest BCUT2D eigenvalue weighted by Crippen LogP contribution is 2.44. The van der Waals surface area contributed by atoms with Gasteiger partial charge in [-0.05, 0) is 26.2 Å². The second-order valence-corrected chi connectivity index (χ2v) is 5.63. The van der Waals surface area contributed by atoms with E-state index in [1.807, 2.05) is 20.2 Å². The van der Waals surface area contributed by atoms with E-state index in [9.17, 15) is 5.11 Å². The quantitative estimate of drug-likeness (QED) is 0.823. The van der Waals surface area contributed by atoms with Crippen LogP contribution in [-0.2, 0) is 5.54 Å². The van der Waals surface area contributed by atoms with Crippen LogP contribution in [0.3, 0.4) is 0 Å². The van der Waals surface area contributed by atoms with Crippen LogP contribution in [0.25, 0.3) is 0 Å². The van der Waals surface area contributed by atoms with Crippen LogP contribution in [0.15, 0.2) is 23.2 Å². The Balaban J connectivity index is 1.93. The molecular weight excluding hydrogens is 256 g/mol. The Morgan fingerprint density at radius 1 is 1.50 bits per heavy atom. The third kappa shape index (κ3) is 1.87. The molecule has 0 saturated carbocycles. The molecule has 1 spiro atoms. The van der Waals surface area contributed by atoms with E-state index in [0.29, 0.717) is 19.1 Å². The van der Waals surface area contributed by atoms with E-state index in [2.05, 4.69) is 14.8 Å². The maximum Gasteiger partial charge on any atom is 0.192 e. The number of ether oxygens (including phenoxy) is 1. The van der Waals surface area contributed by atoms with E-state index in [0.717, 1.165) is 24.4 Å². The van der Waals surface area contributed by atoms with Gasteiger partial charge in [0.1, 0.15) is 23.6 Å². The van der Waals surface area contributed by atoms with E-state index in [4.69, 9.17) is 10.5 Å². The van der Waals surface area contributed by atoms with E-state index in [1.165, 1.54) is 0 Å². The molecule has 0 radical (unpaired) electrons. The van der Waals surface area contributed by atoms with Crippen molar-refractivity contribution < 1.29 is 9.84 Å². The first kappa shape index (κ1) is 13.1. The van der Waals surface area contributed by atoms with Crippen molar-refractivity contribution >= 4 is 5.96 Å². The molecule has 0 saturated heterocycles. The summed E-state index contributed by atoms with van der Waals surface area (Å²) in [5.74, 6) is 1.51. The zero-order valence-corrected chi connectivity index (χ0v) is 11.8. The summed E-state index contributed by atoms with van der Waals surface area (Å²) in [4.78, 5) is 8.65. The Hall–Kier alpha value is -1.95. The summed E-state index contributed by atoms with van der Waals surface area (Å²) in [7, 11) is 4.07. The van der Waals surface area contributed by atoms with Gasteiger partial charge in [0, 0.05) is 24.7 Å². The van der Waals surface area contributed by atoms with Crippen molar-refractivity contribution in [2.24, 2.45) is 10.7 Å².